The third-order valence-corrected chi connectivity index (χ3v) is 2.64. The van der Waals surface area contributed by atoms with Crippen molar-refractivity contribution in [2.24, 2.45) is 0 Å². The van der Waals surface area contributed by atoms with Crippen molar-refractivity contribution in [3.05, 3.63) is 54.1 Å². The fourth-order valence-corrected chi connectivity index (χ4v) is 1.92. The molecule has 2 rings (SSSR count). The van der Waals surface area contributed by atoms with Crippen molar-refractivity contribution >= 4 is 18.9 Å². The van der Waals surface area contributed by atoms with Crippen LogP contribution in [0.5, 0.6) is 0 Å². The highest BCUT2D eigenvalue weighted by Gasteiger charge is 2.06. The minimum Gasteiger partial charge on any atom is -0.298 e. The van der Waals surface area contributed by atoms with Crippen LogP contribution < -0.4 is 0 Å². The number of hydrogen-bond acceptors (Lipinski definition) is 2. The highest BCUT2D eigenvalue weighted by atomic mass is 32.1. The molecule has 0 aliphatic rings. The predicted octanol–water partition coefficient (Wildman–Crippen LogP) is 3.45. The monoisotopic (exact) mass is 214 g/mol. The molecule has 0 heterocycles. The summed E-state index contributed by atoms with van der Waals surface area (Å²) >= 11 is 4.37. The van der Waals surface area contributed by atoms with Crippen LogP contribution in [0.4, 0.5) is 0 Å². The van der Waals surface area contributed by atoms with Crippen molar-refractivity contribution in [2.45, 2.75) is 4.90 Å². The van der Waals surface area contributed by atoms with E-state index in [0.717, 1.165) is 22.3 Å². The molecule has 0 atom stereocenters. The topological polar surface area (TPSA) is 17.1 Å². The van der Waals surface area contributed by atoms with E-state index in [0.29, 0.717) is 5.56 Å². The Labute approximate surface area is 94.2 Å². The third kappa shape index (κ3) is 1.95. The van der Waals surface area contributed by atoms with Crippen LogP contribution in [0.1, 0.15) is 10.4 Å². The van der Waals surface area contributed by atoms with E-state index in [1.54, 1.807) is 6.07 Å². The van der Waals surface area contributed by atoms with Crippen molar-refractivity contribution in [1.29, 1.82) is 0 Å². The number of aldehydes is 1. The SMILES string of the molecule is O=Cc1cccc(S)c1-c1ccccc1. The summed E-state index contributed by atoms with van der Waals surface area (Å²) in [5, 5.41) is 0. The van der Waals surface area contributed by atoms with E-state index >= 15 is 0 Å². The first-order valence-corrected chi connectivity index (χ1v) is 5.10. The van der Waals surface area contributed by atoms with E-state index in [9.17, 15) is 4.79 Å². The molecule has 0 aromatic heterocycles. The molecule has 0 saturated carbocycles. The minimum atomic E-state index is 0.675. The van der Waals surface area contributed by atoms with Crippen LogP contribution in [0.2, 0.25) is 0 Å². The second-order valence-corrected chi connectivity index (χ2v) is 3.71. The van der Waals surface area contributed by atoms with Crippen molar-refractivity contribution in [3.63, 3.8) is 0 Å². The Hall–Kier alpha value is -1.54. The molecule has 15 heavy (non-hydrogen) atoms. The second-order valence-electron chi connectivity index (χ2n) is 3.23. The van der Waals surface area contributed by atoms with Gasteiger partial charge in [0, 0.05) is 16.0 Å². The molecule has 2 heteroatoms. The predicted molar refractivity (Wildman–Crippen MR) is 64.5 cm³/mol. The first-order chi connectivity index (χ1) is 7.33. The van der Waals surface area contributed by atoms with Crippen LogP contribution in [0.15, 0.2) is 53.4 Å². The van der Waals surface area contributed by atoms with E-state index in [-0.39, 0.29) is 0 Å². The average Bonchev–Trinajstić information content (AvgIpc) is 2.29. The lowest BCUT2D eigenvalue weighted by Crippen LogP contribution is -1.88. The summed E-state index contributed by atoms with van der Waals surface area (Å²) in [5.74, 6) is 0. The molecule has 0 aliphatic carbocycles. The summed E-state index contributed by atoms with van der Waals surface area (Å²) in [6.07, 6.45) is 0.863. The molecule has 0 fully saturated rings. The summed E-state index contributed by atoms with van der Waals surface area (Å²) in [6.45, 7) is 0. The van der Waals surface area contributed by atoms with Gasteiger partial charge in [0.05, 0.1) is 0 Å². The molecular weight excluding hydrogens is 204 g/mol. The molecule has 0 unspecified atom stereocenters. The van der Waals surface area contributed by atoms with Crippen LogP contribution in [0.3, 0.4) is 0 Å². The molecule has 2 aromatic rings. The van der Waals surface area contributed by atoms with E-state index in [2.05, 4.69) is 12.6 Å². The average molecular weight is 214 g/mol. The molecule has 0 radical (unpaired) electrons. The summed E-state index contributed by atoms with van der Waals surface area (Å²) in [5.41, 5.74) is 2.59. The van der Waals surface area contributed by atoms with Gasteiger partial charge in [0.15, 0.2) is 6.29 Å². The van der Waals surface area contributed by atoms with Crippen molar-refractivity contribution in [3.8, 4) is 11.1 Å². The van der Waals surface area contributed by atoms with Gasteiger partial charge in [-0.05, 0) is 11.6 Å². The quantitative estimate of drug-likeness (QED) is 0.598. The Morgan fingerprint density at radius 3 is 2.33 bits per heavy atom. The van der Waals surface area contributed by atoms with Gasteiger partial charge in [-0.1, -0.05) is 42.5 Å². The molecule has 0 amide bonds. The maximum atomic E-state index is 10.9. The Morgan fingerprint density at radius 2 is 1.67 bits per heavy atom. The number of benzene rings is 2. The first-order valence-electron chi connectivity index (χ1n) is 4.65. The number of carbonyl (C=O) groups is 1. The zero-order valence-corrected chi connectivity index (χ0v) is 8.95. The van der Waals surface area contributed by atoms with E-state index in [1.807, 2.05) is 42.5 Å². The van der Waals surface area contributed by atoms with Crippen LogP contribution in [0, 0.1) is 0 Å². The lowest BCUT2D eigenvalue weighted by molar-refractivity contribution is 0.112. The van der Waals surface area contributed by atoms with Crippen LogP contribution in [-0.2, 0) is 0 Å². The molecular formula is C13H10OS. The summed E-state index contributed by atoms with van der Waals surface area (Å²) in [7, 11) is 0. The maximum absolute atomic E-state index is 10.9. The molecule has 2 aromatic carbocycles. The van der Waals surface area contributed by atoms with Crippen LogP contribution in [0.25, 0.3) is 11.1 Å². The smallest absolute Gasteiger partial charge is 0.150 e. The summed E-state index contributed by atoms with van der Waals surface area (Å²) in [4.78, 5) is 11.7. The zero-order chi connectivity index (χ0) is 10.7. The Bertz CT molecular complexity index is 477. The van der Waals surface area contributed by atoms with Crippen LogP contribution in [-0.4, -0.2) is 6.29 Å². The van der Waals surface area contributed by atoms with Gasteiger partial charge in [0.2, 0.25) is 0 Å². The second kappa shape index (κ2) is 4.32. The number of rotatable bonds is 2. The van der Waals surface area contributed by atoms with Crippen molar-refractivity contribution in [2.75, 3.05) is 0 Å². The fourth-order valence-electron chi connectivity index (χ4n) is 1.58. The van der Waals surface area contributed by atoms with Gasteiger partial charge in [0.25, 0.3) is 0 Å². The molecule has 1 nitrogen and oxygen atoms in total. The number of carbonyl (C=O) groups excluding carboxylic acids is 1. The maximum Gasteiger partial charge on any atom is 0.150 e. The van der Waals surface area contributed by atoms with Crippen molar-refractivity contribution in [1.82, 2.24) is 0 Å². The lowest BCUT2D eigenvalue weighted by Gasteiger charge is -2.07. The zero-order valence-electron chi connectivity index (χ0n) is 8.05. The Morgan fingerprint density at radius 1 is 0.933 bits per heavy atom. The van der Waals surface area contributed by atoms with Crippen LogP contribution >= 0.6 is 12.6 Å². The molecule has 0 spiro atoms. The van der Waals surface area contributed by atoms with Gasteiger partial charge in [-0.2, -0.15) is 0 Å². The van der Waals surface area contributed by atoms with E-state index in [1.165, 1.54) is 0 Å². The molecule has 0 aliphatic heterocycles. The largest absolute Gasteiger partial charge is 0.298 e. The normalized spacial score (nSPS) is 9.93. The lowest BCUT2D eigenvalue weighted by atomic mass is 10.0. The fraction of sp³-hybridized carbons (Fsp3) is 0. The van der Waals surface area contributed by atoms with Gasteiger partial charge in [-0.15, -0.1) is 12.6 Å². The highest BCUT2D eigenvalue weighted by Crippen LogP contribution is 2.28. The molecule has 0 N–H and O–H groups in total. The number of hydrogen-bond donors (Lipinski definition) is 1. The Kier molecular flexibility index (Phi) is 2.88. The standard InChI is InChI=1S/C13H10OS/c14-9-11-7-4-8-12(15)13(11)10-5-2-1-3-6-10/h1-9,15H. The molecule has 74 valence electrons. The van der Waals surface area contributed by atoms with Gasteiger partial charge in [-0.3, -0.25) is 4.79 Å². The van der Waals surface area contributed by atoms with E-state index < -0.39 is 0 Å². The molecule has 0 saturated heterocycles. The number of thiol groups is 1. The van der Waals surface area contributed by atoms with Gasteiger partial charge < -0.3 is 0 Å². The minimum absolute atomic E-state index is 0.675. The first kappa shape index (κ1) is 9.99. The summed E-state index contributed by atoms with van der Waals surface area (Å²) in [6, 6.07) is 15.3. The summed E-state index contributed by atoms with van der Waals surface area (Å²) < 4.78 is 0. The van der Waals surface area contributed by atoms with Crippen molar-refractivity contribution < 1.29 is 4.79 Å². The van der Waals surface area contributed by atoms with Gasteiger partial charge in [0.1, 0.15) is 0 Å². The Balaban J connectivity index is 2.66. The highest BCUT2D eigenvalue weighted by molar-refractivity contribution is 7.80. The van der Waals surface area contributed by atoms with Gasteiger partial charge >= 0.3 is 0 Å². The van der Waals surface area contributed by atoms with E-state index in [4.69, 9.17) is 0 Å². The van der Waals surface area contributed by atoms with Gasteiger partial charge in [-0.25, -0.2) is 0 Å². The molecule has 0 bridgehead atoms. The third-order valence-electron chi connectivity index (χ3n) is 2.26.